The third-order valence-electron chi connectivity index (χ3n) is 5.48. The monoisotopic (exact) mass is 478 g/mol. The zero-order valence-electron chi connectivity index (χ0n) is 18.2. The second kappa shape index (κ2) is 10.4. The number of sulfonamides is 1. The van der Waals surface area contributed by atoms with Gasteiger partial charge in [-0.3, -0.25) is 13.9 Å². The van der Waals surface area contributed by atoms with E-state index in [4.69, 9.17) is 16.3 Å². The number of rotatable bonds is 7. The first-order chi connectivity index (χ1) is 15.2. The van der Waals surface area contributed by atoms with E-state index >= 15 is 0 Å². The quantitative estimate of drug-likeness (QED) is 0.567. The average Bonchev–Trinajstić information content (AvgIpc) is 2.78. The molecule has 1 saturated heterocycles. The number of carbonyl (C=O) groups is 2. The zero-order valence-corrected chi connectivity index (χ0v) is 19.7. The number of likely N-dealkylation sites (tertiary alicyclic amines) is 1. The SMILES string of the molecule is CCOC(=O)C1CCN(C(=O)CN(c2ccccc2Cl)S(=O)(=O)c2ccc(C)cc2)CC1. The van der Waals surface area contributed by atoms with E-state index in [2.05, 4.69) is 0 Å². The van der Waals surface area contributed by atoms with Gasteiger partial charge in [0.25, 0.3) is 10.0 Å². The molecule has 0 spiro atoms. The molecule has 3 rings (SSSR count). The highest BCUT2D eigenvalue weighted by Crippen LogP contribution is 2.31. The lowest BCUT2D eigenvalue weighted by Gasteiger charge is -2.33. The lowest BCUT2D eigenvalue weighted by atomic mass is 9.97. The van der Waals surface area contributed by atoms with Gasteiger partial charge in [0.05, 0.1) is 28.1 Å². The molecular weight excluding hydrogens is 452 g/mol. The first-order valence-electron chi connectivity index (χ1n) is 10.5. The second-order valence-electron chi connectivity index (χ2n) is 7.68. The maximum atomic E-state index is 13.5. The first-order valence-corrected chi connectivity index (χ1v) is 12.3. The van der Waals surface area contributed by atoms with Crippen molar-refractivity contribution in [1.29, 1.82) is 0 Å². The summed E-state index contributed by atoms with van der Waals surface area (Å²) in [6, 6.07) is 13.0. The Bertz CT molecular complexity index is 1060. The number of ether oxygens (including phenoxy) is 1. The Morgan fingerprint density at radius 2 is 1.72 bits per heavy atom. The van der Waals surface area contributed by atoms with Gasteiger partial charge in [-0.15, -0.1) is 0 Å². The molecule has 0 N–H and O–H groups in total. The number of hydrogen-bond donors (Lipinski definition) is 0. The Kier molecular flexibility index (Phi) is 7.79. The van der Waals surface area contributed by atoms with Crippen LogP contribution in [-0.4, -0.2) is 51.4 Å². The molecule has 1 fully saturated rings. The molecule has 1 aliphatic heterocycles. The minimum absolute atomic E-state index is 0.0804. The van der Waals surface area contributed by atoms with Crippen LogP contribution in [0.5, 0.6) is 0 Å². The topological polar surface area (TPSA) is 84.0 Å². The lowest BCUT2D eigenvalue weighted by molar-refractivity contribution is -0.151. The summed E-state index contributed by atoms with van der Waals surface area (Å²) in [5.74, 6) is -0.836. The van der Waals surface area contributed by atoms with Crippen molar-refractivity contribution in [2.45, 2.75) is 31.6 Å². The van der Waals surface area contributed by atoms with Crippen LogP contribution in [-0.2, 0) is 24.3 Å². The Hall–Kier alpha value is -2.58. The van der Waals surface area contributed by atoms with Crippen LogP contribution >= 0.6 is 11.6 Å². The maximum Gasteiger partial charge on any atom is 0.309 e. The molecule has 7 nitrogen and oxygen atoms in total. The highest BCUT2D eigenvalue weighted by atomic mass is 35.5. The number of para-hydroxylation sites is 1. The molecule has 2 aromatic carbocycles. The largest absolute Gasteiger partial charge is 0.466 e. The lowest BCUT2D eigenvalue weighted by Crippen LogP contribution is -2.46. The number of anilines is 1. The predicted octanol–water partition coefficient (Wildman–Crippen LogP) is 3.65. The fraction of sp³-hybridized carbons (Fsp3) is 0.391. The summed E-state index contributed by atoms with van der Waals surface area (Å²) in [6.45, 7) is 4.29. The number of benzene rings is 2. The Labute approximate surface area is 194 Å². The second-order valence-corrected chi connectivity index (χ2v) is 9.95. The summed E-state index contributed by atoms with van der Waals surface area (Å²) >= 11 is 6.31. The average molecular weight is 479 g/mol. The summed E-state index contributed by atoms with van der Waals surface area (Å²) in [5.41, 5.74) is 1.17. The van der Waals surface area contributed by atoms with Crippen molar-refractivity contribution < 1.29 is 22.7 Å². The number of esters is 1. The third kappa shape index (κ3) is 5.42. The fourth-order valence-corrected chi connectivity index (χ4v) is 5.36. The van der Waals surface area contributed by atoms with E-state index in [1.165, 1.54) is 12.1 Å². The molecule has 32 heavy (non-hydrogen) atoms. The maximum absolute atomic E-state index is 13.5. The Morgan fingerprint density at radius 3 is 2.31 bits per heavy atom. The van der Waals surface area contributed by atoms with Crippen molar-refractivity contribution in [2.24, 2.45) is 5.92 Å². The van der Waals surface area contributed by atoms with Crippen LogP contribution in [0, 0.1) is 12.8 Å². The van der Waals surface area contributed by atoms with Gasteiger partial charge >= 0.3 is 5.97 Å². The predicted molar refractivity (Wildman–Crippen MR) is 123 cm³/mol. The molecule has 172 valence electrons. The highest BCUT2D eigenvalue weighted by molar-refractivity contribution is 7.92. The first kappa shape index (κ1) is 24.1. The number of aryl methyl sites for hydroxylation is 1. The molecule has 0 unspecified atom stereocenters. The van der Waals surface area contributed by atoms with Gasteiger partial charge in [0.15, 0.2) is 0 Å². The van der Waals surface area contributed by atoms with Gasteiger partial charge in [0.2, 0.25) is 5.91 Å². The standard InChI is InChI=1S/C23H27ClN2O5S/c1-3-31-23(28)18-12-14-25(15-13-18)22(27)16-26(21-7-5-4-6-20(21)24)32(29,30)19-10-8-17(2)9-11-19/h4-11,18H,3,12-16H2,1-2H3. The molecule has 9 heteroatoms. The number of halogens is 1. The highest BCUT2D eigenvalue weighted by Gasteiger charge is 2.33. The van der Waals surface area contributed by atoms with Crippen LogP contribution in [0.25, 0.3) is 0 Å². The van der Waals surface area contributed by atoms with Gasteiger partial charge in [0.1, 0.15) is 6.54 Å². The van der Waals surface area contributed by atoms with Crippen LogP contribution in [0.3, 0.4) is 0 Å². The minimum Gasteiger partial charge on any atom is -0.466 e. The fourth-order valence-electron chi connectivity index (χ4n) is 3.64. The van der Waals surface area contributed by atoms with Crippen molar-refractivity contribution in [1.82, 2.24) is 4.90 Å². The number of carbonyl (C=O) groups excluding carboxylic acids is 2. The summed E-state index contributed by atoms with van der Waals surface area (Å²) in [4.78, 5) is 26.7. The van der Waals surface area contributed by atoms with Crippen molar-refractivity contribution in [3.63, 3.8) is 0 Å². The molecular formula is C23H27ClN2O5S. The summed E-state index contributed by atoms with van der Waals surface area (Å²) in [5, 5.41) is 0.233. The molecule has 0 saturated carbocycles. The van der Waals surface area contributed by atoms with E-state index in [1.54, 1.807) is 48.2 Å². The third-order valence-corrected chi connectivity index (χ3v) is 7.57. The summed E-state index contributed by atoms with van der Waals surface area (Å²) in [7, 11) is -4.03. The molecule has 0 radical (unpaired) electrons. The van der Waals surface area contributed by atoms with Crippen LogP contribution in [0.15, 0.2) is 53.4 Å². The van der Waals surface area contributed by atoms with E-state index in [1.807, 2.05) is 6.92 Å². The van der Waals surface area contributed by atoms with Gasteiger partial charge in [-0.2, -0.15) is 0 Å². The molecule has 0 aromatic heterocycles. The van der Waals surface area contributed by atoms with Crippen molar-refractivity contribution >= 4 is 39.2 Å². The molecule has 0 atom stereocenters. The van der Waals surface area contributed by atoms with Crippen molar-refractivity contribution in [2.75, 3.05) is 30.5 Å². The molecule has 1 aliphatic rings. The number of nitrogens with zero attached hydrogens (tertiary/aromatic N) is 2. The number of piperidine rings is 1. The van der Waals surface area contributed by atoms with Gasteiger partial charge in [-0.1, -0.05) is 41.4 Å². The molecule has 0 bridgehead atoms. The Morgan fingerprint density at radius 1 is 1.09 bits per heavy atom. The van der Waals surface area contributed by atoms with E-state index in [0.29, 0.717) is 32.5 Å². The molecule has 2 aromatic rings. The molecule has 0 aliphatic carbocycles. The van der Waals surface area contributed by atoms with Crippen LogP contribution in [0.2, 0.25) is 5.02 Å². The van der Waals surface area contributed by atoms with Gasteiger partial charge < -0.3 is 9.64 Å². The van der Waals surface area contributed by atoms with Crippen molar-refractivity contribution in [3.05, 3.63) is 59.1 Å². The van der Waals surface area contributed by atoms with E-state index < -0.39 is 10.0 Å². The van der Waals surface area contributed by atoms with Gasteiger partial charge in [-0.25, -0.2) is 8.42 Å². The van der Waals surface area contributed by atoms with E-state index in [9.17, 15) is 18.0 Å². The number of hydrogen-bond acceptors (Lipinski definition) is 5. The number of amides is 1. The smallest absolute Gasteiger partial charge is 0.309 e. The van der Waals surface area contributed by atoms with Gasteiger partial charge in [0, 0.05) is 13.1 Å². The van der Waals surface area contributed by atoms with E-state index in [0.717, 1.165) is 9.87 Å². The van der Waals surface area contributed by atoms with E-state index in [-0.39, 0.29) is 39.9 Å². The summed E-state index contributed by atoms with van der Waals surface area (Å²) in [6.07, 6.45) is 0.975. The van der Waals surface area contributed by atoms with Crippen molar-refractivity contribution in [3.8, 4) is 0 Å². The molecule has 1 amide bonds. The van der Waals surface area contributed by atoms with Crippen LogP contribution in [0.1, 0.15) is 25.3 Å². The van der Waals surface area contributed by atoms with Crippen LogP contribution in [0.4, 0.5) is 5.69 Å². The zero-order chi connectivity index (χ0) is 23.3. The Balaban J connectivity index is 1.83. The summed E-state index contributed by atoms with van der Waals surface area (Å²) < 4.78 is 33.1. The molecule has 1 heterocycles. The minimum atomic E-state index is -4.03. The normalized spacial score (nSPS) is 14.8. The van der Waals surface area contributed by atoms with Crippen LogP contribution < -0.4 is 4.31 Å². The van der Waals surface area contributed by atoms with Gasteiger partial charge in [-0.05, 0) is 51.0 Å².